The van der Waals surface area contributed by atoms with Crippen LogP contribution in [0, 0.1) is 5.92 Å². The van der Waals surface area contributed by atoms with Crippen LogP contribution in [-0.4, -0.2) is 31.1 Å². The quantitative estimate of drug-likeness (QED) is 0.850. The highest BCUT2D eigenvalue weighted by Crippen LogP contribution is 2.17. The topological polar surface area (TPSA) is 63.2 Å². The van der Waals surface area contributed by atoms with E-state index >= 15 is 0 Å². The van der Waals surface area contributed by atoms with Gasteiger partial charge in [0.15, 0.2) is 0 Å². The Balaban J connectivity index is 1.73. The van der Waals surface area contributed by atoms with Gasteiger partial charge in [-0.2, -0.15) is 0 Å². The molecule has 1 unspecified atom stereocenters. The van der Waals surface area contributed by atoms with Gasteiger partial charge in [-0.05, 0) is 44.3 Å². The summed E-state index contributed by atoms with van der Waals surface area (Å²) in [4.78, 5) is 15.9. The van der Waals surface area contributed by atoms with Gasteiger partial charge in [0.25, 0.3) is 0 Å². The second-order valence-corrected chi connectivity index (χ2v) is 4.89. The molecule has 1 fully saturated rings. The summed E-state index contributed by atoms with van der Waals surface area (Å²) in [6, 6.07) is 3.53. The molecule has 1 saturated heterocycles. The number of rotatable bonds is 5. The van der Waals surface area contributed by atoms with Crippen LogP contribution >= 0.6 is 0 Å². The third-order valence-corrected chi connectivity index (χ3v) is 3.41. The van der Waals surface area contributed by atoms with Gasteiger partial charge in [0.1, 0.15) is 0 Å². The first-order valence-electron chi connectivity index (χ1n) is 6.78. The standard InChI is InChI=1S/C14H21N3O2/c1-19-14-7-5-12(10-16-14)17-13(18)6-4-11-3-2-8-15-9-11/h5,7,10-11,15H,2-4,6,8-9H2,1H3,(H,17,18). The number of aromatic nitrogens is 1. The average molecular weight is 263 g/mol. The van der Waals surface area contributed by atoms with E-state index in [1.807, 2.05) is 0 Å². The van der Waals surface area contributed by atoms with E-state index in [9.17, 15) is 4.79 Å². The number of piperidine rings is 1. The van der Waals surface area contributed by atoms with E-state index in [-0.39, 0.29) is 5.91 Å². The smallest absolute Gasteiger partial charge is 0.224 e. The molecule has 1 aromatic heterocycles. The lowest BCUT2D eigenvalue weighted by molar-refractivity contribution is -0.116. The number of pyridine rings is 1. The fraction of sp³-hybridized carbons (Fsp3) is 0.571. The molecule has 104 valence electrons. The molecule has 0 aliphatic carbocycles. The number of amides is 1. The van der Waals surface area contributed by atoms with Gasteiger partial charge >= 0.3 is 0 Å². The average Bonchev–Trinajstić information content (AvgIpc) is 2.47. The summed E-state index contributed by atoms with van der Waals surface area (Å²) in [7, 11) is 1.57. The summed E-state index contributed by atoms with van der Waals surface area (Å²) in [5, 5.41) is 6.22. The van der Waals surface area contributed by atoms with Crippen molar-refractivity contribution in [3.05, 3.63) is 18.3 Å². The summed E-state index contributed by atoms with van der Waals surface area (Å²) in [5.41, 5.74) is 0.715. The lowest BCUT2D eigenvalue weighted by Gasteiger charge is -2.22. The van der Waals surface area contributed by atoms with Crippen LogP contribution in [0.3, 0.4) is 0 Å². The summed E-state index contributed by atoms with van der Waals surface area (Å²) in [6.45, 7) is 2.15. The summed E-state index contributed by atoms with van der Waals surface area (Å²) >= 11 is 0. The lowest BCUT2D eigenvalue weighted by atomic mass is 9.94. The number of nitrogens with one attached hydrogen (secondary N) is 2. The van der Waals surface area contributed by atoms with E-state index in [0.717, 1.165) is 19.5 Å². The number of hydrogen-bond donors (Lipinski definition) is 2. The van der Waals surface area contributed by atoms with Crippen LogP contribution < -0.4 is 15.4 Å². The Morgan fingerprint density at radius 3 is 3.11 bits per heavy atom. The molecule has 2 heterocycles. The molecule has 2 N–H and O–H groups in total. The van der Waals surface area contributed by atoms with Crippen LogP contribution in [0.1, 0.15) is 25.7 Å². The minimum atomic E-state index is 0.0533. The molecule has 0 aromatic carbocycles. The van der Waals surface area contributed by atoms with E-state index in [4.69, 9.17) is 4.74 Å². The lowest BCUT2D eigenvalue weighted by Crippen LogP contribution is -2.30. The number of nitrogens with zero attached hydrogens (tertiary/aromatic N) is 1. The van der Waals surface area contributed by atoms with Gasteiger partial charge < -0.3 is 15.4 Å². The van der Waals surface area contributed by atoms with Crippen molar-refractivity contribution in [2.24, 2.45) is 5.92 Å². The summed E-state index contributed by atoms with van der Waals surface area (Å²) in [5.74, 6) is 1.23. The van der Waals surface area contributed by atoms with Gasteiger partial charge in [0.05, 0.1) is 19.0 Å². The zero-order valence-corrected chi connectivity index (χ0v) is 11.3. The molecule has 1 aromatic rings. The highest BCUT2D eigenvalue weighted by Gasteiger charge is 2.14. The molecule has 1 aliphatic rings. The van der Waals surface area contributed by atoms with E-state index in [2.05, 4.69) is 15.6 Å². The number of carbonyl (C=O) groups is 1. The van der Waals surface area contributed by atoms with Gasteiger partial charge in [-0.25, -0.2) is 4.98 Å². The third-order valence-electron chi connectivity index (χ3n) is 3.41. The first-order chi connectivity index (χ1) is 9.28. The maximum Gasteiger partial charge on any atom is 0.224 e. The van der Waals surface area contributed by atoms with Crippen molar-refractivity contribution in [3.63, 3.8) is 0 Å². The predicted octanol–water partition coefficient (Wildman–Crippen LogP) is 1.81. The Morgan fingerprint density at radius 2 is 2.47 bits per heavy atom. The molecule has 5 heteroatoms. The van der Waals surface area contributed by atoms with Gasteiger partial charge in [-0.15, -0.1) is 0 Å². The molecule has 0 radical (unpaired) electrons. The van der Waals surface area contributed by atoms with Crippen LogP contribution in [0.5, 0.6) is 5.88 Å². The normalized spacial score (nSPS) is 18.9. The van der Waals surface area contributed by atoms with Crippen molar-refractivity contribution in [1.29, 1.82) is 0 Å². The largest absolute Gasteiger partial charge is 0.481 e. The number of methoxy groups -OCH3 is 1. The molecule has 1 atom stereocenters. The van der Waals surface area contributed by atoms with Crippen LogP contribution in [0.4, 0.5) is 5.69 Å². The minimum Gasteiger partial charge on any atom is -0.481 e. The molecule has 0 bridgehead atoms. The van der Waals surface area contributed by atoms with Crippen molar-refractivity contribution in [3.8, 4) is 5.88 Å². The SMILES string of the molecule is COc1ccc(NC(=O)CCC2CCCNC2)cn1. The van der Waals surface area contributed by atoms with Crippen LogP contribution in [-0.2, 0) is 4.79 Å². The molecule has 19 heavy (non-hydrogen) atoms. The zero-order valence-electron chi connectivity index (χ0n) is 11.3. The first kappa shape index (κ1) is 13.8. The Hall–Kier alpha value is -1.62. The number of ether oxygens (including phenoxy) is 1. The van der Waals surface area contributed by atoms with E-state index in [0.29, 0.717) is 23.9 Å². The van der Waals surface area contributed by atoms with Gasteiger partial charge in [0.2, 0.25) is 11.8 Å². The van der Waals surface area contributed by atoms with Crippen LogP contribution in [0.15, 0.2) is 18.3 Å². The zero-order chi connectivity index (χ0) is 13.5. The Kier molecular flexibility index (Phi) is 5.15. The number of hydrogen-bond acceptors (Lipinski definition) is 4. The second kappa shape index (κ2) is 7.09. The molecule has 0 saturated carbocycles. The second-order valence-electron chi connectivity index (χ2n) is 4.89. The Labute approximate surface area is 113 Å². The van der Waals surface area contributed by atoms with Gasteiger partial charge in [0, 0.05) is 12.5 Å². The molecule has 1 amide bonds. The molecule has 1 aliphatic heterocycles. The fourth-order valence-corrected chi connectivity index (χ4v) is 2.30. The highest BCUT2D eigenvalue weighted by atomic mass is 16.5. The van der Waals surface area contributed by atoms with Crippen molar-refractivity contribution >= 4 is 11.6 Å². The minimum absolute atomic E-state index is 0.0533. The van der Waals surface area contributed by atoms with Crippen LogP contribution in [0.25, 0.3) is 0 Å². The highest BCUT2D eigenvalue weighted by molar-refractivity contribution is 5.90. The summed E-state index contributed by atoms with van der Waals surface area (Å²) in [6.07, 6.45) is 5.57. The summed E-state index contributed by atoms with van der Waals surface area (Å²) < 4.78 is 4.97. The van der Waals surface area contributed by atoms with Crippen molar-refractivity contribution in [2.75, 3.05) is 25.5 Å². The molecular weight excluding hydrogens is 242 g/mol. The van der Waals surface area contributed by atoms with Crippen molar-refractivity contribution < 1.29 is 9.53 Å². The number of anilines is 1. The molecule has 0 spiro atoms. The van der Waals surface area contributed by atoms with E-state index in [1.165, 1.54) is 12.8 Å². The van der Waals surface area contributed by atoms with Crippen molar-refractivity contribution in [1.82, 2.24) is 10.3 Å². The van der Waals surface area contributed by atoms with Crippen molar-refractivity contribution in [2.45, 2.75) is 25.7 Å². The van der Waals surface area contributed by atoms with Gasteiger partial charge in [-0.3, -0.25) is 4.79 Å². The maximum atomic E-state index is 11.8. The molecular formula is C14H21N3O2. The first-order valence-corrected chi connectivity index (χ1v) is 6.78. The maximum absolute atomic E-state index is 11.8. The monoisotopic (exact) mass is 263 g/mol. The third kappa shape index (κ3) is 4.52. The van der Waals surface area contributed by atoms with E-state index < -0.39 is 0 Å². The Bertz CT molecular complexity index is 400. The predicted molar refractivity (Wildman–Crippen MR) is 74.2 cm³/mol. The number of carbonyl (C=O) groups excluding carboxylic acids is 1. The molecule has 5 nitrogen and oxygen atoms in total. The van der Waals surface area contributed by atoms with Gasteiger partial charge in [-0.1, -0.05) is 0 Å². The van der Waals surface area contributed by atoms with E-state index in [1.54, 1.807) is 25.4 Å². The Morgan fingerprint density at radius 1 is 1.58 bits per heavy atom. The van der Waals surface area contributed by atoms with Crippen LogP contribution in [0.2, 0.25) is 0 Å². The fourth-order valence-electron chi connectivity index (χ4n) is 2.30. The molecule has 2 rings (SSSR count).